The highest BCUT2D eigenvalue weighted by atomic mass is 16.4. The van der Waals surface area contributed by atoms with Crippen LogP contribution >= 0.6 is 0 Å². The Hall–Kier alpha value is -3.42. The van der Waals surface area contributed by atoms with Gasteiger partial charge in [-0.05, 0) is 38.8 Å². The fourth-order valence-electron chi connectivity index (χ4n) is 2.32. The van der Waals surface area contributed by atoms with E-state index in [0.717, 1.165) is 32.2 Å². The fraction of sp³-hybridized carbons (Fsp3) is 0.760. The minimum absolute atomic E-state index is 0.181. The molecule has 6 amide bonds. The third-order valence-corrected chi connectivity index (χ3v) is 4.33. The van der Waals surface area contributed by atoms with E-state index in [1.807, 2.05) is 27.8 Å². The van der Waals surface area contributed by atoms with Crippen molar-refractivity contribution < 1.29 is 33.9 Å². The van der Waals surface area contributed by atoms with Gasteiger partial charge in [0.2, 0.25) is 23.6 Å². The summed E-state index contributed by atoms with van der Waals surface area (Å²) in [5, 5.41) is 20.6. The molecular weight excluding hydrogens is 510 g/mol. The molecule has 0 aliphatic heterocycles. The lowest BCUT2D eigenvalue weighted by Gasteiger charge is -2.21. The van der Waals surface area contributed by atoms with E-state index in [1.54, 1.807) is 20.8 Å². The predicted molar refractivity (Wildman–Crippen MR) is 152 cm³/mol. The summed E-state index contributed by atoms with van der Waals surface area (Å²) in [5.74, 6) is -2.73. The second kappa shape index (κ2) is 30.8. The average Bonchev–Trinajstić information content (AvgIpc) is 2.89. The summed E-state index contributed by atoms with van der Waals surface area (Å²) >= 11 is 0. The first-order valence-corrected chi connectivity index (χ1v) is 13.3. The van der Waals surface area contributed by atoms with Crippen molar-refractivity contribution in [2.45, 2.75) is 86.1 Å². The quantitative estimate of drug-likeness (QED) is 0.120. The van der Waals surface area contributed by atoms with Gasteiger partial charge in [0.1, 0.15) is 6.04 Å². The van der Waals surface area contributed by atoms with Crippen molar-refractivity contribution in [2.24, 2.45) is 17.4 Å². The van der Waals surface area contributed by atoms with Crippen molar-refractivity contribution in [1.29, 1.82) is 0 Å². The third-order valence-electron chi connectivity index (χ3n) is 4.33. The highest BCUT2D eigenvalue weighted by Gasteiger charge is 2.24. The molecule has 0 radical (unpaired) electrons. The zero-order valence-electron chi connectivity index (χ0n) is 24.8. The number of carboxylic acids is 1. The largest absolute Gasteiger partial charge is 0.481 e. The van der Waals surface area contributed by atoms with Gasteiger partial charge in [-0.2, -0.15) is 0 Å². The normalized spacial score (nSPS) is 10.1. The lowest BCUT2D eigenvalue weighted by molar-refractivity contribution is -0.136. The van der Waals surface area contributed by atoms with Crippen LogP contribution in [0.5, 0.6) is 0 Å². The van der Waals surface area contributed by atoms with Crippen LogP contribution in [0.15, 0.2) is 0 Å². The van der Waals surface area contributed by atoms with Crippen molar-refractivity contribution in [3.05, 3.63) is 0 Å². The van der Waals surface area contributed by atoms with Crippen LogP contribution in [0.4, 0.5) is 4.79 Å². The number of nitrogens with two attached hydrogens (primary N) is 2. The number of primary amides is 2. The molecule has 1 atom stereocenters. The number of rotatable bonds is 16. The molecule has 0 heterocycles. The maximum Gasteiger partial charge on any atom is 0.312 e. The van der Waals surface area contributed by atoms with Crippen LogP contribution in [0.1, 0.15) is 80.1 Å². The molecule has 0 saturated carbocycles. The van der Waals surface area contributed by atoms with E-state index in [4.69, 9.17) is 16.6 Å². The fourth-order valence-corrected chi connectivity index (χ4v) is 2.32. The monoisotopic (exact) mass is 563 g/mol. The summed E-state index contributed by atoms with van der Waals surface area (Å²) in [7, 11) is 1.88. The Labute approximate surface area is 233 Å². The van der Waals surface area contributed by atoms with Crippen molar-refractivity contribution >= 4 is 35.6 Å². The zero-order valence-corrected chi connectivity index (χ0v) is 24.8. The van der Waals surface area contributed by atoms with Crippen LogP contribution < -0.4 is 38.1 Å². The molecule has 14 heteroatoms. The molecule has 0 saturated heterocycles. The minimum Gasteiger partial charge on any atom is -0.481 e. The first kappa shape index (κ1) is 42.7. The van der Waals surface area contributed by atoms with Gasteiger partial charge >= 0.3 is 12.0 Å². The highest BCUT2D eigenvalue weighted by Crippen LogP contribution is 2.02. The molecule has 0 rings (SSSR count). The molecule has 230 valence electrons. The van der Waals surface area contributed by atoms with E-state index in [-0.39, 0.29) is 31.3 Å². The van der Waals surface area contributed by atoms with Crippen LogP contribution in [0.3, 0.4) is 0 Å². The molecule has 0 fully saturated rings. The molecule has 1 unspecified atom stereocenters. The number of nitrogens with one attached hydrogen (secondary N) is 5. The number of carbonyl (C=O) groups is 6. The first-order chi connectivity index (χ1) is 18.3. The van der Waals surface area contributed by atoms with Gasteiger partial charge in [-0.3, -0.25) is 24.0 Å². The summed E-state index contributed by atoms with van der Waals surface area (Å²) in [5.41, 5.74) is 9.70. The molecule has 0 aromatic heterocycles. The topological polar surface area (TPSA) is 235 Å². The number of urea groups is 1. The third kappa shape index (κ3) is 36.8. The molecule has 14 nitrogen and oxygen atoms in total. The number of aliphatic carboxylic acids is 1. The van der Waals surface area contributed by atoms with Crippen molar-refractivity contribution in [2.75, 3.05) is 33.2 Å². The molecule has 0 aromatic rings. The van der Waals surface area contributed by atoms with Crippen LogP contribution in [0, 0.1) is 5.92 Å². The molecule has 10 N–H and O–H groups in total. The Bertz CT molecular complexity index is 690. The average molecular weight is 564 g/mol. The highest BCUT2D eigenvalue weighted by molar-refractivity contribution is 5.91. The van der Waals surface area contributed by atoms with Gasteiger partial charge < -0.3 is 43.2 Å². The lowest BCUT2D eigenvalue weighted by Crippen LogP contribution is -2.53. The smallest absolute Gasteiger partial charge is 0.312 e. The van der Waals surface area contributed by atoms with E-state index >= 15 is 0 Å². The van der Waals surface area contributed by atoms with E-state index < -0.39 is 35.8 Å². The molecular formula is C25H53N7O7. The van der Waals surface area contributed by atoms with E-state index in [2.05, 4.69) is 26.6 Å². The molecule has 0 aliphatic carbocycles. The number of hydrogen-bond donors (Lipinski definition) is 8. The van der Waals surface area contributed by atoms with Gasteiger partial charge in [0.15, 0.2) is 0 Å². The van der Waals surface area contributed by atoms with Gasteiger partial charge in [-0.25, -0.2) is 4.79 Å². The lowest BCUT2D eigenvalue weighted by atomic mass is 10.0. The number of hydrogen-bond acceptors (Lipinski definition) is 7. The van der Waals surface area contributed by atoms with Crippen LogP contribution in [-0.2, 0) is 24.0 Å². The predicted octanol–water partition coefficient (Wildman–Crippen LogP) is 0.197. The van der Waals surface area contributed by atoms with Crippen molar-refractivity contribution in [1.82, 2.24) is 26.6 Å². The number of unbranched alkanes of at least 4 members (excludes halogenated alkanes) is 2. The minimum atomic E-state index is -0.801. The van der Waals surface area contributed by atoms with Crippen LogP contribution in [0.2, 0.25) is 0 Å². The van der Waals surface area contributed by atoms with E-state index in [9.17, 15) is 28.8 Å². The summed E-state index contributed by atoms with van der Waals surface area (Å²) < 4.78 is 0. The summed E-state index contributed by atoms with van der Waals surface area (Å²) in [6, 6.07) is -1.24. The number of amides is 6. The molecule has 0 bridgehead atoms. The molecule has 0 aliphatic rings. The second-order valence-electron chi connectivity index (χ2n) is 8.20. The van der Waals surface area contributed by atoms with E-state index in [1.165, 1.54) is 0 Å². The summed E-state index contributed by atoms with van der Waals surface area (Å²) in [4.78, 5) is 65.5. The maximum atomic E-state index is 12.0. The Morgan fingerprint density at radius 1 is 0.795 bits per heavy atom. The van der Waals surface area contributed by atoms with Crippen LogP contribution in [0.25, 0.3) is 0 Å². The zero-order chi connectivity index (χ0) is 31.2. The summed E-state index contributed by atoms with van der Waals surface area (Å²) in [6.45, 7) is 12.2. The molecule has 39 heavy (non-hydrogen) atoms. The molecule has 0 spiro atoms. The standard InChI is InChI=1S/C16H31N5O4.C4H10N2O.C3H6O2.C2H6/c1-11(2)15(16(25)20-9-12(17)22)21-14(24)10-19-13(23)7-5-4-6-8-18-3;1-2-3-6-4(5)7;1-2-3(4)5;1-2/h11,15,18H,4-10H2,1-3H3,(H2,17,22)(H,19,23)(H,20,25)(H,21,24);2-3H2,1H3,(H3,5,6,7);2H2,1H3,(H,4,5);1-2H3. The summed E-state index contributed by atoms with van der Waals surface area (Å²) in [6.07, 6.45) is 4.22. The van der Waals surface area contributed by atoms with Gasteiger partial charge in [-0.15, -0.1) is 0 Å². The van der Waals surface area contributed by atoms with Crippen molar-refractivity contribution in [3.8, 4) is 0 Å². The Balaban J connectivity index is -0.000000358. The Morgan fingerprint density at radius 3 is 1.74 bits per heavy atom. The Morgan fingerprint density at radius 2 is 1.36 bits per heavy atom. The second-order valence-corrected chi connectivity index (χ2v) is 8.20. The van der Waals surface area contributed by atoms with Gasteiger partial charge in [0.05, 0.1) is 13.1 Å². The van der Waals surface area contributed by atoms with Gasteiger partial charge in [0.25, 0.3) is 0 Å². The van der Waals surface area contributed by atoms with E-state index in [0.29, 0.717) is 13.0 Å². The SMILES string of the molecule is CC.CCC(=O)O.CCCNC(N)=O.CNCCCCCC(=O)NCC(=O)NC(C(=O)NCC(N)=O)C(C)C. The number of carbonyl (C=O) groups excluding carboxylic acids is 5. The number of carboxylic acid groups (broad SMARTS) is 1. The first-order valence-electron chi connectivity index (χ1n) is 13.3. The van der Waals surface area contributed by atoms with Crippen molar-refractivity contribution in [3.63, 3.8) is 0 Å². The maximum absolute atomic E-state index is 12.0. The molecule has 0 aromatic carbocycles. The van der Waals surface area contributed by atoms with Gasteiger partial charge in [-0.1, -0.05) is 48.0 Å². The Kier molecular flexibility index (Phi) is 33.7. The van der Waals surface area contributed by atoms with Crippen LogP contribution in [-0.4, -0.2) is 80.0 Å². The van der Waals surface area contributed by atoms with Gasteiger partial charge in [0, 0.05) is 19.4 Å².